The second kappa shape index (κ2) is 8.79. The van der Waals surface area contributed by atoms with Crippen LogP contribution in [0, 0.1) is 19.8 Å². The lowest BCUT2D eigenvalue weighted by Crippen LogP contribution is -2.38. The van der Waals surface area contributed by atoms with Gasteiger partial charge < -0.3 is 19.9 Å². The average molecular weight is 409 g/mol. The number of amides is 2. The first-order valence-corrected chi connectivity index (χ1v) is 10.3. The summed E-state index contributed by atoms with van der Waals surface area (Å²) >= 11 is 0. The van der Waals surface area contributed by atoms with Gasteiger partial charge in [0, 0.05) is 37.4 Å². The molecule has 0 radical (unpaired) electrons. The molecule has 158 valence electrons. The molecule has 2 saturated heterocycles. The molecule has 0 aliphatic carbocycles. The Balaban J connectivity index is 1.37. The molecular weight excluding hydrogens is 382 g/mol. The van der Waals surface area contributed by atoms with E-state index in [0.29, 0.717) is 32.3 Å². The summed E-state index contributed by atoms with van der Waals surface area (Å²) in [5, 5.41) is 2.95. The Morgan fingerprint density at radius 3 is 2.63 bits per heavy atom. The number of hydrogen-bond acceptors (Lipinski definition) is 6. The molecule has 30 heavy (non-hydrogen) atoms. The molecule has 2 aromatic rings. The van der Waals surface area contributed by atoms with E-state index in [2.05, 4.69) is 20.2 Å². The SMILES string of the molecule is Cc1ccc(N2CC(C(=O)NCc3cc(C)nc(N4CCOCC4)n3)CC2=O)cc1. The average Bonchev–Trinajstić information content (AvgIpc) is 3.14. The van der Waals surface area contributed by atoms with Gasteiger partial charge in [0.05, 0.1) is 31.4 Å². The molecule has 2 aliphatic heterocycles. The van der Waals surface area contributed by atoms with Gasteiger partial charge in [-0.1, -0.05) is 17.7 Å². The molecule has 1 N–H and O–H groups in total. The number of aryl methyl sites for hydroxylation is 2. The minimum atomic E-state index is -0.361. The molecule has 2 fully saturated rings. The number of anilines is 2. The zero-order chi connectivity index (χ0) is 21.1. The van der Waals surface area contributed by atoms with Crippen LogP contribution < -0.4 is 15.1 Å². The summed E-state index contributed by atoms with van der Waals surface area (Å²) in [6.45, 7) is 7.48. The van der Waals surface area contributed by atoms with Gasteiger partial charge in [0.15, 0.2) is 0 Å². The molecule has 1 atom stereocenters. The number of carbonyl (C=O) groups is 2. The first-order valence-electron chi connectivity index (χ1n) is 10.3. The maximum atomic E-state index is 12.7. The van der Waals surface area contributed by atoms with Gasteiger partial charge in [-0.2, -0.15) is 0 Å². The Morgan fingerprint density at radius 1 is 1.17 bits per heavy atom. The van der Waals surface area contributed by atoms with Crippen molar-refractivity contribution in [2.24, 2.45) is 5.92 Å². The van der Waals surface area contributed by atoms with Gasteiger partial charge in [-0.05, 0) is 32.0 Å². The fraction of sp³-hybridized carbons (Fsp3) is 0.455. The maximum absolute atomic E-state index is 12.7. The zero-order valence-electron chi connectivity index (χ0n) is 17.4. The number of nitrogens with zero attached hydrogens (tertiary/aromatic N) is 4. The van der Waals surface area contributed by atoms with Crippen LogP contribution in [-0.4, -0.2) is 54.6 Å². The van der Waals surface area contributed by atoms with Gasteiger partial charge in [0.25, 0.3) is 0 Å². The molecular formula is C22H27N5O3. The number of ether oxygens (including phenoxy) is 1. The molecule has 0 saturated carbocycles. The fourth-order valence-electron chi connectivity index (χ4n) is 3.79. The normalized spacial score (nSPS) is 19.3. The number of carbonyl (C=O) groups excluding carboxylic acids is 2. The fourth-order valence-corrected chi connectivity index (χ4v) is 3.79. The van der Waals surface area contributed by atoms with Crippen LogP contribution in [0.5, 0.6) is 0 Å². The van der Waals surface area contributed by atoms with Crippen molar-refractivity contribution >= 4 is 23.5 Å². The largest absolute Gasteiger partial charge is 0.378 e. The molecule has 0 spiro atoms. The van der Waals surface area contributed by atoms with Crippen LogP contribution in [0.1, 0.15) is 23.4 Å². The highest BCUT2D eigenvalue weighted by molar-refractivity contribution is 6.00. The molecule has 2 aliphatic rings. The van der Waals surface area contributed by atoms with Crippen LogP contribution in [0.2, 0.25) is 0 Å². The molecule has 1 aromatic carbocycles. The number of rotatable bonds is 5. The van der Waals surface area contributed by atoms with E-state index in [0.717, 1.165) is 35.7 Å². The Bertz CT molecular complexity index is 925. The summed E-state index contributed by atoms with van der Waals surface area (Å²) in [4.78, 5) is 38.0. The van der Waals surface area contributed by atoms with Crippen molar-refractivity contribution in [1.29, 1.82) is 0 Å². The molecule has 8 nitrogen and oxygen atoms in total. The summed E-state index contributed by atoms with van der Waals surface area (Å²) in [6, 6.07) is 9.66. The van der Waals surface area contributed by atoms with Gasteiger partial charge >= 0.3 is 0 Å². The highest BCUT2D eigenvalue weighted by Gasteiger charge is 2.35. The van der Waals surface area contributed by atoms with Crippen molar-refractivity contribution in [3.05, 3.63) is 47.3 Å². The van der Waals surface area contributed by atoms with Crippen LogP contribution >= 0.6 is 0 Å². The van der Waals surface area contributed by atoms with Crippen LogP contribution in [0.25, 0.3) is 0 Å². The van der Waals surface area contributed by atoms with Gasteiger partial charge in [0.2, 0.25) is 17.8 Å². The maximum Gasteiger partial charge on any atom is 0.227 e. The van der Waals surface area contributed by atoms with Crippen LogP contribution in [0.3, 0.4) is 0 Å². The minimum absolute atomic E-state index is 0.0218. The van der Waals surface area contributed by atoms with Gasteiger partial charge in [-0.25, -0.2) is 9.97 Å². The van der Waals surface area contributed by atoms with Gasteiger partial charge in [0.1, 0.15) is 0 Å². The highest BCUT2D eigenvalue weighted by Crippen LogP contribution is 2.25. The quantitative estimate of drug-likeness (QED) is 0.807. The van der Waals surface area contributed by atoms with E-state index in [9.17, 15) is 9.59 Å². The summed E-state index contributed by atoms with van der Waals surface area (Å²) in [7, 11) is 0. The van der Waals surface area contributed by atoms with Crippen molar-refractivity contribution in [3.8, 4) is 0 Å². The van der Waals surface area contributed by atoms with E-state index in [1.807, 2.05) is 44.2 Å². The molecule has 1 aromatic heterocycles. The predicted octanol–water partition coefficient (Wildman–Crippen LogP) is 1.60. The zero-order valence-corrected chi connectivity index (χ0v) is 17.4. The van der Waals surface area contributed by atoms with Crippen molar-refractivity contribution in [1.82, 2.24) is 15.3 Å². The molecule has 1 unspecified atom stereocenters. The van der Waals surface area contributed by atoms with Crippen molar-refractivity contribution in [3.63, 3.8) is 0 Å². The van der Waals surface area contributed by atoms with Crippen molar-refractivity contribution < 1.29 is 14.3 Å². The molecule has 3 heterocycles. The van der Waals surface area contributed by atoms with Gasteiger partial charge in [-0.15, -0.1) is 0 Å². The Labute approximate surface area is 176 Å². The van der Waals surface area contributed by atoms with Gasteiger partial charge in [-0.3, -0.25) is 9.59 Å². The lowest BCUT2D eigenvalue weighted by Gasteiger charge is -2.27. The minimum Gasteiger partial charge on any atom is -0.378 e. The first-order chi connectivity index (χ1) is 14.5. The number of nitrogens with one attached hydrogen (secondary N) is 1. The van der Waals surface area contributed by atoms with Crippen molar-refractivity contribution in [2.75, 3.05) is 42.6 Å². The van der Waals surface area contributed by atoms with E-state index in [1.165, 1.54) is 0 Å². The topological polar surface area (TPSA) is 87.7 Å². The second-order valence-corrected chi connectivity index (χ2v) is 7.86. The predicted molar refractivity (Wildman–Crippen MR) is 113 cm³/mol. The standard InChI is InChI=1S/C22H27N5O3/c1-15-3-5-19(6-4-15)27-14-17(12-20(27)28)21(29)23-13-18-11-16(2)24-22(25-18)26-7-9-30-10-8-26/h3-6,11,17H,7-10,12-14H2,1-2H3,(H,23,29). The van der Waals surface area contributed by atoms with Crippen LogP contribution in [-0.2, 0) is 20.9 Å². The van der Waals surface area contributed by atoms with E-state index >= 15 is 0 Å². The molecule has 8 heteroatoms. The first kappa shape index (κ1) is 20.3. The smallest absolute Gasteiger partial charge is 0.227 e. The third-order valence-corrected chi connectivity index (χ3v) is 5.47. The lowest BCUT2D eigenvalue weighted by molar-refractivity contribution is -0.126. The molecule has 2 amide bonds. The van der Waals surface area contributed by atoms with E-state index < -0.39 is 0 Å². The summed E-state index contributed by atoms with van der Waals surface area (Å²) in [5.74, 6) is 0.165. The summed E-state index contributed by atoms with van der Waals surface area (Å²) in [5.41, 5.74) is 3.59. The molecule has 0 bridgehead atoms. The third-order valence-electron chi connectivity index (χ3n) is 5.47. The monoisotopic (exact) mass is 409 g/mol. The highest BCUT2D eigenvalue weighted by atomic mass is 16.5. The number of hydrogen-bond donors (Lipinski definition) is 1. The van der Waals surface area contributed by atoms with Crippen LogP contribution in [0.15, 0.2) is 30.3 Å². The summed E-state index contributed by atoms with van der Waals surface area (Å²) < 4.78 is 5.39. The second-order valence-electron chi connectivity index (χ2n) is 7.86. The Kier molecular flexibility index (Phi) is 5.94. The summed E-state index contributed by atoms with van der Waals surface area (Å²) in [6.07, 6.45) is 0.224. The van der Waals surface area contributed by atoms with Crippen LogP contribution in [0.4, 0.5) is 11.6 Å². The number of aromatic nitrogens is 2. The molecule has 4 rings (SSSR count). The third kappa shape index (κ3) is 4.59. The number of benzene rings is 1. The Morgan fingerprint density at radius 2 is 1.90 bits per heavy atom. The Hall–Kier alpha value is -3.00. The van der Waals surface area contributed by atoms with Crippen molar-refractivity contribution in [2.45, 2.75) is 26.8 Å². The van der Waals surface area contributed by atoms with E-state index in [4.69, 9.17) is 4.74 Å². The van der Waals surface area contributed by atoms with E-state index in [1.54, 1.807) is 4.90 Å². The number of morpholine rings is 1. The van der Waals surface area contributed by atoms with E-state index in [-0.39, 0.29) is 24.2 Å². The lowest BCUT2D eigenvalue weighted by atomic mass is 10.1.